The number of aromatic nitrogens is 2. The topological polar surface area (TPSA) is 109 Å². The molecule has 11 heteroatoms. The number of fused-ring (bicyclic) bond motifs is 1. The molecule has 1 aromatic heterocycles. The Kier molecular flexibility index (Phi) is 3.05. The van der Waals surface area contributed by atoms with Crippen LogP contribution in [0, 0.1) is 10.1 Å². The molecule has 20 heavy (non-hydrogen) atoms. The lowest BCUT2D eigenvalue weighted by Gasteiger charge is -2.10. The zero-order valence-electron chi connectivity index (χ0n) is 9.17. The van der Waals surface area contributed by atoms with Crippen molar-refractivity contribution >= 4 is 28.3 Å². The Bertz CT molecular complexity index is 839. The van der Waals surface area contributed by atoms with E-state index in [1.54, 1.807) is 0 Å². The van der Waals surface area contributed by atoms with Crippen molar-refractivity contribution in [3.63, 3.8) is 0 Å². The maximum Gasteiger partial charge on any atom is 0.418 e. The van der Waals surface area contributed by atoms with Crippen LogP contribution in [0.4, 0.5) is 18.9 Å². The van der Waals surface area contributed by atoms with Gasteiger partial charge in [-0.2, -0.15) is 13.2 Å². The first-order valence-corrected chi connectivity index (χ1v) is 5.21. The summed E-state index contributed by atoms with van der Waals surface area (Å²) in [5.74, 6) is 0. The van der Waals surface area contributed by atoms with Crippen molar-refractivity contribution in [3.05, 3.63) is 47.5 Å². The summed E-state index contributed by atoms with van der Waals surface area (Å²) in [4.78, 5) is 35.5. The Morgan fingerprint density at radius 1 is 1.20 bits per heavy atom. The molecule has 1 aromatic carbocycles. The van der Waals surface area contributed by atoms with E-state index in [0.717, 1.165) is 0 Å². The molecule has 0 bridgehead atoms. The molecule has 106 valence electrons. The van der Waals surface area contributed by atoms with Crippen LogP contribution in [-0.4, -0.2) is 14.9 Å². The Morgan fingerprint density at radius 3 is 2.25 bits per heavy atom. The van der Waals surface area contributed by atoms with Gasteiger partial charge in [0.15, 0.2) is 0 Å². The third-order valence-electron chi connectivity index (χ3n) is 2.42. The molecule has 0 radical (unpaired) electrons. The van der Waals surface area contributed by atoms with Crippen LogP contribution in [0.5, 0.6) is 0 Å². The number of nitro benzene ring substituents is 1. The first-order chi connectivity index (χ1) is 9.12. The number of halogens is 4. The molecule has 0 saturated carbocycles. The van der Waals surface area contributed by atoms with Crippen LogP contribution in [0.15, 0.2) is 15.7 Å². The molecule has 0 atom stereocenters. The summed E-state index contributed by atoms with van der Waals surface area (Å²) in [5, 5.41) is 9.68. The van der Waals surface area contributed by atoms with Gasteiger partial charge in [0.2, 0.25) is 0 Å². The lowest BCUT2D eigenvalue weighted by molar-refractivity contribution is -0.383. The zero-order valence-corrected chi connectivity index (χ0v) is 9.93. The number of H-pyrrole nitrogens is 2. The molecule has 0 spiro atoms. The maximum absolute atomic E-state index is 12.7. The molecule has 1 heterocycles. The van der Waals surface area contributed by atoms with Gasteiger partial charge < -0.3 is 9.97 Å². The van der Waals surface area contributed by atoms with Crippen molar-refractivity contribution in [2.24, 2.45) is 0 Å². The van der Waals surface area contributed by atoms with Gasteiger partial charge >= 0.3 is 23.0 Å². The predicted molar refractivity (Wildman–Crippen MR) is 61.9 cm³/mol. The van der Waals surface area contributed by atoms with E-state index < -0.39 is 49.5 Å². The van der Waals surface area contributed by atoms with E-state index in [1.165, 1.54) is 0 Å². The fourth-order valence-electron chi connectivity index (χ4n) is 1.60. The first kappa shape index (κ1) is 14.1. The number of benzene rings is 1. The van der Waals surface area contributed by atoms with E-state index >= 15 is 0 Å². The van der Waals surface area contributed by atoms with E-state index in [9.17, 15) is 32.9 Å². The van der Waals surface area contributed by atoms with E-state index in [4.69, 9.17) is 11.6 Å². The highest BCUT2D eigenvalue weighted by atomic mass is 35.5. The molecule has 2 aromatic rings. The second-order valence-corrected chi connectivity index (χ2v) is 4.05. The minimum absolute atomic E-state index is 0.419. The summed E-state index contributed by atoms with van der Waals surface area (Å²) in [5.41, 5.74) is -6.22. The molecule has 7 nitrogen and oxygen atoms in total. The van der Waals surface area contributed by atoms with Gasteiger partial charge in [-0.25, -0.2) is 0 Å². The minimum Gasteiger partial charge on any atom is -0.316 e. The van der Waals surface area contributed by atoms with Crippen molar-refractivity contribution in [3.8, 4) is 0 Å². The van der Waals surface area contributed by atoms with Gasteiger partial charge in [0.25, 0.3) is 0 Å². The molecule has 0 aliphatic heterocycles. The summed E-state index contributed by atoms with van der Waals surface area (Å²) in [6.07, 6.45) is -4.96. The molecule has 0 unspecified atom stereocenters. The highest BCUT2D eigenvalue weighted by molar-refractivity contribution is 6.34. The Hall–Kier alpha value is -2.36. The SMILES string of the molecule is O=c1[nH]c2cc(C(F)(F)F)c(Cl)c([N+](=O)[O-])c2[nH]c1=O. The van der Waals surface area contributed by atoms with Crippen molar-refractivity contribution in [2.75, 3.05) is 0 Å². The van der Waals surface area contributed by atoms with Gasteiger partial charge in [-0.05, 0) is 6.07 Å². The standard InChI is InChI=1S/C9H3ClF3N3O4/c10-4-2(9(11,12)13)1-3-5(6(4)16(19)20)15-8(18)7(17)14-3/h1H,(H,14,17)(H,15,18). The first-order valence-electron chi connectivity index (χ1n) is 4.83. The van der Waals surface area contributed by atoms with Gasteiger partial charge in [-0.15, -0.1) is 0 Å². The molecule has 2 N–H and O–H groups in total. The second kappa shape index (κ2) is 4.34. The van der Waals surface area contributed by atoms with Gasteiger partial charge in [-0.3, -0.25) is 19.7 Å². The average molecular weight is 310 g/mol. The zero-order chi connectivity index (χ0) is 15.2. The molecule has 0 amide bonds. The van der Waals surface area contributed by atoms with Gasteiger partial charge in [0, 0.05) is 0 Å². The van der Waals surface area contributed by atoms with Crippen LogP contribution >= 0.6 is 11.6 Å². The lowest BCUT2D eigenvalue weighted by atomic mass is 10.1. The number of nitrogens with zero attached hydrogens (tertiary/aromatic N) is 1. The highest BCUT2D eigenvalue weighted by Crippen LogP contribution is 2.41. The number of aromatic amines is 2. The molecule has 0 saturated heterocycles. The quantitative estimate of drug-likeness (QED) is 0.475. The highest BCUT2D eigenvalue weighted by Gasteiger charge is 2.38. The van der Waals surface area contributed by atoms with Crippen LogP contribution < -0.4 is 11.1 Å². The van der Waals surface area contributed by atoms with Crippen LogP contribution in [0.3, 0.4) is 0 Å². The fraction of sp³-hybridized carbons (Fsp3) is 0.111. The Labute approximate surface area is 111 Å². The van der Waals surface area contributed by atoms with E-state index in [0.29, 0.717) is 6.07 Å². The second-order valence-electron chi connectivity index (χ2n) is 3.67. The summed E-state index contributed by atoms with van der Waals surface area (Å²) >= 11 is 5.38. The third kappa shape index (κ3) is 2.13. The number of nitro groups is 1. The average Bonchev–Trinajstić information content (AvgIpc) is 2.28. The number of hydrogen-bond donors (Lipinski definition) is 2. The minimum atomic E-state index is -4.96. The monoisotopic (exact) mass is 309 g/mol. The molecule has 0 aliphatic carbocycles. The Balaban J connectivity index is 3.07. The van der Waals surface area contributed by atoms with Crippen molar-refractivity contribution in [2.45, 2.75) is 6.18 Å². The van der Waals surface area contributed by atoms with Crippen molar-refractivity contribution < 1.29 is 18.1 Å². The van der Waals surface area contributed by atoms with E-state index in [2.05, 4.69) is 0 Å². The van der Waals surface area contributed by atoms with Crippen LogP contribution in [-0.2, 0) is 6.18 Å². The van der Waals surface area contributed by atoms with E-state index in [1.807, 2.05) is 9.97 Å². The smallest absolute Gasteiger partial charge is 0.316 e. The maximum atomic E-state index is 12.7. The van der Waals surface area contributed by atoms with Crippen molar-refractivity contribution in [1.82, 2.24) is 9.97 Å². The third-order valence-corrected chi connectivity index (χ3v) is 2.80. The van der Waals surface area contributed by atoms with Crippen LogP contribution in [0.2, 0.25) is 5.02 Å². The molecule has 0 aliphatic rings. The number of hydrogen-bond acceptors (Lipinski definition) is 4. The molecule has 2 rings (SSSR count). The lowest BCUT2D eigenvalue weighted by Crippen LogP contribution is -2.29. The van der Waals surface area contributed by atoms with Gasteiger partial charge in [-0.1, -0.05) is 11.6 Å². The number of alkyl halides is 3. The van der Waals surface area contributed by atoms with Gasteiger partial charge in [0.1, 0.15) is 10.5 Å². The van der Waals surface area contributed by atoms with Crippen molar-refractivity contribution in [1.29, 1.82) is 0 Å². The molecule has 0 fully saturated rings. The van der Waals surface area contributed by atoms with E-state index in [-0.39, 0.29) is 0 Å². The summed E-state index contributed by atoms with van der Waals surface area (Å²) in [6.45, 7) is 0. The number of nitrogens with one attached hydrogen (secondary N) is 2. The molecular weight excluding hydrogens is 307 g/mol. The Morgan fingerprint density at radius 2 is 1.75 bits per heavy atom. The van der Waals surface area contributed by atoms with Crippen LogP contribution in [0.25, 0.3) is 11.0 Å². The predicted octanol–water partition coefficient (Wildman–Crippen LogP) is 1.80. The number of rotatable bonds is 1. The summed E-state index contributed by atoms with van der Waals surface area (Å²) in [6, 6.07) is 0.419. The largest absolute Gasteiger partial charge is 0.418 e. The fourth-order valence-corrected chi connectivity index (χ4v) is 1.92. The molecular formula is C9H3ClF3N3O4. The summed E-state index contributed by atoms with van der Waals surface area (Å²) < 4.78 is 38.2. The van der Waals surface area contributed by atoms with Crippen LogP contribution in [0.1, 0.15) is 5.56 Å². The normalized spacial score (nSPS) is 11.8. The van der Waals surface area contributed by atoms with Gasteiger partial charge in [0.05, 0.1) is 16.0 Å². The summed E-state index contributed by atoms with van der Waals surface area (Å²) in [7, 11) is 0.